The lowest BCUT2D eigenvalue weighted by Crippen LogP contribution is -2.34. The molecule has 15 heavy (non-hydrogen) atoms. The molecule has 1 unspecified atom stereocenters. The molecule has 0 saturated heterocycles. The molecule has 2 N–H and O–H groups in total. The number of hydrogen-bond acceptors (Lipinski definition) is 2. The average molecular weight is 213 g/mol. The molecule has 0 amide bonds. The van der Waals surface area contributed by atoms with E-state index in [-0.39, 0.29) is 11.8 Å². The fourth-order valence-electron chi connectivity index (χ4n) is 2.27. The zero-order valence-corrected chi connectivity index (χ0v) is 9.83. The van der Waals surface area contributed by atoms with Gasteiger partial charge in [0.05, 0.1) is 5.92 Å². The standard InChI is InChI=1S/C12H23NO2/c1-9(2)11(12(14)15)8-13-7-10-5-3-4-6-10/h9-11,13H,3-8H2,1-2H3,(H,14,15). The van der Waals surface area contributed by atoms with Gasteiger partial charge in [0.15, 0.2) is 0 Å². The number of hydrogen-bond donors (Lipinski definition) is 2. The minimum Gasteiger partial charge on any atom is -0.481 e. The summed E-state index contributed by atoms with van der Waals surface area (Å²) in [7, 11) is 0. The van der Waals surface area contributed by atoms with Gasteiger partial charge in [0.25, 0.3) is 0 Å². The molecule has 1 aliphatic carbocycles. The molecule has 0 spiro atoms. The minimum atomic E-state index is -0.677. The maximum atomic E-state index is 10.9. The summed E-state index contributed by atoms with van der Waals surface area (Å²) in [6, 6.07) is 0. The molecule has 0 radical (unpaired) electrons. The number of nitrogens with one attached hydrogen (secondary N) is 1. The Labute approximate surface area is 92.3 Å². The van der Waals surface area contributed by atoms with E-state index in [4.69, 9.17) is 5.11 Å². The van der Waals surface area contributed by atoms with Crippen LogP contribution < -0.4 is 5.32 Å². The highest BCUT2D eigenvalue weighted by Gasteiger charge is 2.21. The van der Waals surface area contributed by atoms with Crippen LogP contribution in [0.15, 0.2) is 0 Å². The third-order valence-electron chi connectivity index (χ3n) is 3.39. The van der Waals surface area contributed by atoms with Crippen LogP contribution in [0.4, 0.5) is 0 Å². The summed E-state index contributed by atoms with van der Waals surface area (Å²) in [4.78, 5) is 10.9. The Kier molecular flexibility index (Phi) is 5.09. The van der Waals surface area contributed by atoms with E-state index in [1.165, 1.54) is 25.7 Å². The highest BCUT2D eigenvalue weighted by atomic mass is 16.4. The molecule has 3 heteroatoms. The molecule has 0 aromatic rings. The third-order valence-corrected chi connectivity index (χ3v) is 3.39. The van der Waals surface area contributed by atoms with Crippen molar-refractivity contribution in [2.45, 2.75) is 39.5 Å². The quantitative estimate of drug-likeness (QED) is 0.710. The Morgan fingerprint density at radius 2 is 2.00 bits per heavy atom. The second-order valence-electron chi connectivity index (χ2n) is 5.00. The summed E-state index contributed by atoms with van der Waals surface area (Å²) in [5.74, 6) is 0.0699. The van der Waals surface area contributed by atoms with Gasteiger partial charge in [-0.25, -0.2) is 0 Å². The highest BCUT2D eigenvalue weighted by molar-refractivity contribution is 5.70. The summed E-state index contributed by atoms with van der Waals surface area (Å²) in [5.41, 5.74) is 0. The third kappa shape index (κ3) is 4.20. The van der Waals surface area contributed by atoms with Crippen LogP contribution in [0.1, 0.15) is 39.5 Å². The molecule has 1 saturated carbocycles. The van der Waals surface area contributed by atoms with Crippen LogP contribution in [0.25, 0.3) is 0 Å². The second-order valence-corrected chi connectivity index (χ2v) is 5.00. The van der Waals surface area contributed by atoms with Gasteiger partial charge < -0.3 is 10.4 Å². The van der Waals surface area contributed by atoms with Crippen molar-refractivity contribution in [3.63, 3.8) is 0 Å². The smallest absolute Gasteiger partial charge is 0.308 e. The SMILES string of the molecule is CC(C)C(CNCC1CCCC1)C(=O)O. The Morgan fingerprint density at radius 3 is 2.47 bits per heavy atom. The largest absolute Gasteiger partial charge is 0.481 e. The number of rotatable bonds is 6. The topological polar surface area (TPSA) is 49.3 Å². The lowest BCUT2D eigenvalue weighted by atomic mass is 9.96. The molecule has 0 heterocycles. The first-order chi connectivity index (χ1) is 7.11. The van der Waals surface area contributed by atoms with Crippen LogP contribution in [0.5, 0.6) is 0 Å². The van der Waals surface area contributed by atoms with E-state index >= 15 is 0 Å². The average Bonchev–Trinajstić information content (AvgIpc) is 2.63. The van der Waals surface area contributed by atoms with Gasteiger partial charge in [0.2, 0.25) is 0 Å². The lowest BCUT2D eigenvalue weighted by Gasteiger charge is -2.18. The second kappa shape index (κ2) is 6.11. The number of carbonyl (C=O) groups is 1. The van der Waals surface area contributed by atoms with Crippen molar-refractivity contribution in [3.05, 3.63) is 0 Å². The molecule has 1 rings (SSSR count). The summed E-state index contributed by atoms with van der Waals surface area (Å²) in [5, 5.41) is 12.3. The summed E-state index contributed by atoms with van der Waals surface area (Å²) >= 11 is 0. The Balaban J connectivity index is 2.18. The number of carboxylic acid groups (broad SMARTS) is 1. The predicted octanol–water partition coefficient (Wildman–Crippen LogP) is 2.12. The molecule has 0 aromatic heterocycles. The van der Waals surface area contributed by atoms with Crippen molar-refractivity contribution in [3.8, 4) is 0 Å². The van der Waals surface area contributed by atoms with Crippen molar-refractivity contribution in [1.29, 1.82) is 0 Å². The zero-order chi connectivity index (χ0) is 11.3. The Bertz CT molecular complexity index is 198. The highest BCUT2D eigenvalue weighted by Crippen LogP contribution is 2.23. The van der Waals surface area contributed by atoms with E-state index in [1.54, 1.807) is 0 Å². The molecular weight excluding hydrogens is 190 g/mol. The van der Waals surface area contributed by atoms with Crippen LogP contribution in [0.3, 0.4) is 0 Å². The van der Waals surface area contributed by atoms with Crippen molar-refractivity contribution in [2.24, 2.45) is 17.8 Å². The van der Waals surface area contributed by atoms with Crippen LogP contribution >= 0.6 is 0 Å². The van der Waals surface area contributed by atoms with Gasteiger partial charge in [0, 0.05) is 6.54 Å². The van der Waals surface area contributed by atoms with Crippen LogP contribution in [-0.2, 0) is 4.79 Å². The Morgan fingerprint density at radius 1 is 1.40 bits per heavy atom. The van der Waals surface area contributed by atoms with Crippen LogP contribution in [0, 0.1) is 17.8 Å². The predicted molar refractivity (Wildman–Crippen MR) is 60.8 cm³/mol. The van der Waals surface area contributed by atoms with Gasteiger partial charge in [0.1, 0.15) is 0 Å². The van der Waals surface area contributed by atoms with E-state index in [1.807, 2.05) is 13.8 Å². The van der Waals surface area contributed by atoms with Gasteiger partial charge in [-0.1, -0.05) is 26.7 Å². The normalized spacial score (nSPS) is 19.7. The fourth-order valence-corrected chi connectivity index (χ4v) is 2.27. The molecule has 1 fully saturated rings. The first-order valence-electron chi connectivity index (χ1n) is 6.04. The lowest BCUT2D eigenvalue weighted by molar-refractivity contribution is -0.143. The first kappa shape index (κ1) is 12.5. The number of aliphatic carboxylic acids is 1. The van der Waals surface area contributed by atoms with Crippen molar-refractivity contribution in [1.82, 2.24) is 5.32 Å². The molecular formula is C12H23NO2. The van der Waals surface area contributed by atoms with Crippen LogP contribution in [-0.4, -0.2) is 24.2 Å². The zero-order valence-electron chi connectivity index (χ0n) is 9.83. The Hall–Kier alpha value is -0.570. The molecule has 1 aliphatic rings. The van der Waals surface area contributed by atoms with E-state index in [9.17, 15) is 4.79 Å². The van der Waals surface area contributed by atoms with Crippen molar-refractivity contribution < 1.29 is 9.90 Å². The molecule has 0 aromatic carbocycles. The number of carboxylic acids is 1. The maximum Gasteiger partial charge on any atom is 0.308 e. The van der Waals surface area contributed by atoms with Gasteiger partial charge >= 0.3 is 5.97 Å². The summed E-state index contributed by atoms with van der Waals surface area (Å²) < 4.78 is 0. The minimum absolute atomic E-state index is 0.207. The fraction of sp³-hybridized carbons (Fsp3) is 0.917. The van der Waals surface area contributed by atoms with Crippen molar-refractivity contribution in [2.75, 3.05) is 13.1 Å². The maximum absolute atomic E-state index is 10.9. The van der Waals surface area contributed by atoms with Gasteiger partial charge in [-0.3, -0.25) is 4.79 Å². The molecule has 0 aliphatic heterocycles. The van der Waals surface area contributed by atoms with Gasteiger partial charge in [-0.2, -0.15) is 0 Å². The molecule has 0 bridgehead atoms. The van der Waals surface area contributed by atoms with E-state index < -0.39 is 5.97 Å². The van der Waals surface area contributed by atoms with Crippen LogP contribution in [0.2, 0.25) is 0 Å². The first-order valence-corrected chi connectivity index (χ1v) is 6.04. The molecule has 88 valence electrons. The monoisotopic (exact) mass is 213 g/mol. The van der Waals surface area contributed by atoms with E-state index in [0.717, 1.165) is 12.5 Å². The van der Waals surface area contributed by atoms with E-state index in [2.05, 4.69) is 5.32 Å². The van der Waals surface area contributed by atoms with Gasteiger partial charge in [-0.15, -0.1) is 0 Å². The molecule has 1 atom stereocenters. The summed E-state index contributed by atoms with van der Waals surface area (Å²) in [6.45, 7) is 5.55. The van der Waals surface area contributed by atoms with Crippen molar-refractivity contribution >= 4 is 5.97 Å². The molecule has 3 nitrogen and oxygen atoms in total. The summed E-state index contributed by atoms with van der Waals surface area (Å²) in [6.07, 6.45) is 5.32. The van der Waals surface area contributed by atoms with E-state index in [0.29, 0.717) is 6.54 Å². The van der Waals surface area contributed by atoms with Gasteiger partial charge in [-0.05, 0) is 31.2 Å².